The summed E-state index contributed by atoms with van der Waals surface area (Å²) in [4.78, 5) is 64.9. The van der Waals surface area contributed by atoms with E-state index < -0.39 is 99.9 Å². The molecule has 1 aliphatic heterocycles. The maximum Gasteiger partial charge on any atom is 0.325 e. The third-order valence-corrected chi connectivity index (χ3v) is 8.96. The van der Waals surface area contributed by atoms with Crippen LogP contribution >= 0.6 is 0 Å². The number of hydrogen-bond donors (Lipinski definition) is 7. The van der Waals surface area contributed by atoms with Crippen LogP contribution in [0.5, 0.6) is 23.0 Å². The lowest BCUT2D eigenvalue weighted by molar-refractivity contribution is -0.257. The van der Waals surface area contributed by atoms with Crippen molar-refractivity contribution in [3.63, 3.8) is 0 Å². The lowest BCUT2D eigenvalue weighted by atomic mass is 9.74. The average molecular weight is 678 g/mol. The molecule has 6 rings (SSSR count). The molecule has 1 saturated heterocycles. The molecule has 1 fully saturated rings. The third-order valence-electron chi connectivity index (χ3n) is 8.96. The topological polar surface area (TPSA) is 246 Å². The fourth-order valence-corrected chi connectivity index (χ4v) is 6.57. The highest BCUT2D eigenvalue weighted by molar-refractivity contribution is 6.31. The van der Waals surface area contributed by atoms with Gasteiger partial charge in [0.05, 0.1) is 29.9 Å². The lowest BCUT2D eigenvalue weighted by Gasteiger charge is -2.39. The SMILES string of the molecule is COc1cc(O)c2c(c1)C(=O)c1c(cc3c(c1O)-c1c(cc(C)c(C(=O)NC(C)C(=O)O)c1O)[C@H](OC1OC(C)CC(=O)C1O)[C@H]3O)C2=O. The standard InChI is InChI=1S/C34H31NO14/c1-10-5-17-23(29(42)20(10)32(44)35-12(3)33(45)46)22-15(27(40)31(17)49-34-28(41)19(37)6-11(2)48-34)9-16-24(30(22)43)26(39)14-7-13(47-4)8-18(36)21(14)25(16)38/h5,7-9,11-12,27-28,31,34,36,40-43H,6H2,1-4H3,(H,35,44)(H,45,46)/t11?,12?,27-,28?,31-,34?/m0/s1. The number of carbonyl (C=O) groups is 5. The molecule has 4 unspecified atom stereocenters. The number of nitrogens with one attached hydrogen (secondary N) is 1. The van der Waals surface area contributed by atoms with Crippen molar-refractivity contribution in [2.45, 2.75) is 63.9 Å². The summed E-state index contributed by atoms with van der Waals surface area (Å²) in [5.74, 6) is -6.97. The maximum absolute atomic E-state index is 13.9. The second-order valence-electron chi connectivity index (χ2n) is 12.2. The first-order chi connectivity index (χ1) is 23.1. The number of carboxylic acids is 1. The van der Waals surface area contributed by atoms with E-state index in [1.54, 1.807) is 6.92 Å². The van der Waals surface area contributed by atoms with Crippen LogP contribution in [0.25, 0.3) is 11.1 Å². The normalized spacial score (nSPS) is 23.1. The van der Waals surface area contributed by atoms with Crippen molar-refractivity contribution in [2.24, 2.45) is 0 Å². The molecule has 0 radical (unpaired) electrons. The Hall–Kier alpha value is -5.35. The Morgan fingerprint density at radius 1 is 0.898 bits per heavy atom. The van der Waals surface area contributed by atoms with Gasteiger partial charge in [0, 0.05) is 34.7 Å². The minimum absolute atomic E-state index is 0.0401. The van der Waals surface area contributed by atoms with E-state index in [-0.39, 0.29) is 51.1 Å². The number of rotatable bonds is 6. The van der Waals surface area contributed by atoms with Crippen LogP contribution in [0.15, 0.2) is 24.3 Å². The zero-order valence-corrected chi connectivity index (χ0v) is 26.4. The van der Waals surface area contributed by atoms with Gasteiger partial charge in [0.1, 0.15) is 41.2 Å². The lowest BCUT2D eigenvalue weighted by Crippen LogP contribution is -2.47. The second-order valence-corrected chi connectivity index (χ2v) is 12.2. The summed E-state index contributed by atoms with van der Waals surface area (Å²) >= 11 is 0. The maximum atomic E-state index is 13.9. The monoisotopic (exact) mass is 677 g/mol. The van der Waals surface area contributed by atoms with Gasteiger partial charge in [-0.1, -0.05) is 6.07 Å². The number of fused-ring (bicyclic) bond motifs is 5. The molecular weight excluding hydrogens is 646 g/mol. The van der Waals surface area contributed by atoms with Gasteiger partial charge in [-0.25, -0.2) is 0 Å². The molecule has 0 spiro atoms. The van der Waals surface area contributed by atoms with E-state index in [2.05, 4.69) is 5.32 Å². The van der Waals surface area contributed by atoms with Gasteiger partial charge in [-0.15, -0.1) is 0 Å². The Bertz CT molecular complexity index is 2000. The van der Waals surface area contributed by atoms with Crippen LogP contribution in [0.2, 0.25) is 0 Å². The highest BCUT2D eigenvalue weighted by atomic mass is 16.7. The number of aryl methyl sites for hydroxylation is 1. The van der Waals surface area contributed by atoms with Crippen LogP contribution in [0, 0.1) is 6.92 Å². The van der Waals surface area contributed by atoms with Crippen LogP contribution in [0.3, 0.4) is 0 Å². The predicted molar refractivity (Wildman–Crippen MR) is 165 cm³/mol. The number of hydrogen-bond acceptors (Lipinski definition) is 13. The fraction of sp³-hybridized carbons (Fsp3) is 0.324. The van der Waals surface area contributed by atoms with Crippen molar-refractivity contribution in [1.29, 1.82) is 0 Å². The smallest absolute Gasteiger partial charge is 0.325 e. The molecular formula is C34H31NO14. The molecule has 6 atom stereocenters. The Labute approximate surface area is 277 Å². The Morgan fingerprint density at radius 2 is 1.53 bits per heavy atom. The van der Waals surface area contributed by atoms with Crippen molar-refractivity contribution in [1.82, 2.24) is 5.32 Å². The number of aliphatic hydroxyl groups excluding tert-OH is 2. The van der Waals surface area contributed by atoms with Crippen LogP contribution in [-0.2, 0) is 19.1 Å². The first kappa shape index (κ1) is 33.5. The highest BCUT2D eigenvalue weighted by Gasteiger charge is 2.46. The summed E-state index contributed by atoms with van der Waals surface area (Å²) in [6.45, 7) is 4.17. The number of aliphatic hydroxyl groups is 2. The quantitative estimate of drug-likeness (QED) is 0.154. The van der Waals surface area contributed by atoms with Crippen molar-refractivity contribution in [3.05, 3.63) is 68.8 Å². The van der Waals surface area contributed by atoms with E-state index >= 15 is 0 Å². The first-order valence-corrected chi connectivity index (χ1v) is 15.1. The minimum Gasteiger partial charge on any atom is -0.507 e. The van der Waals surface area contributed by atoms with Gasteiger partial charge < -0.3 is 50.2 Å². The van der Waals surface area contributed by atoms with E-state index in [0.717, 1.165) is 12.1 Å². The molecule has 15 nitrogen and oxygen atoms in total. The van der Waals surface area contributed by atoms with Gasteiger partial charge in [-0.2, -0.15) is 0 Å². The summed E-state index contributed by atoms with van der Waals surface area (Å²) in [5, 5.41) is 68.2. The number of aliphatic carboxylic acids is 1. The zero-order valence-electron chi connectivity index (χ0n) is 26.4. The highest BCUT2D eigenvalue weighted by Crippen LogP contribution is 2.56. The van der Waals surface area contributed by atoms with E-state index in [9.17, 15) is 54.6 Å². The molecule has 7 N–H and O–H groups in total. The Balaban J connectivity index is 1.60. The Kier molecular flexibility index (Phi) is 8.19. The number of benzene rings is 3. The summed E-state index contributed by atoms with van der Waals surface area (Å²) in [6, 6.07) is 3.34. The molecule has 2 aliphatic carbocycles. The van der Waals surface area contributed by atoms with Gasteiger partial charge in [-0.3, -0.25) is 24.0 Å². The van der Waals surface area contributed by atoms with Crippen molar-refractivity contribution in [3.8, 4) is 34.1 Å². The van der Waals surface area contributed by atoms with Gasteiger partial charge in [-0.05, 0) is 49.6 Å². The minimum atomic E-state index is -1.80. The summed E-state index contributed by atoms with van der Waals surface area (Å²) in [5.41, 5.74) is -2.96. The van der Waals surface area contributed by atoms with Crippen molar-refractivity contribution >= 4 is 29.2 Å². The van der Waals surface area contributed by atoms with Gasteiger partial charge >= 0.3 is 5.97 Å². The van der Waals surface area contributed by atoms with Crippen LogP contribution in [0.4, 0.5) is 0 Å². The first-order valence-electron chi connectivity index (χ1n) is 15.1. The number of Topliss-reactive ketones (excluding diaryl/α,β-unsaturated/α-hetero) is 1. The van der Waals surface area contributed by atoms with Gasteiger partial charge in [0.15, 0.2) is 29.7 Å². The molecule has 3 aromatic rings. The van der Waals surface area contributed by atoms with E-state index in [1.165, 1.54) is 33.1 Å². The van der Waals surface area contributed by atoms with Gasteiger partial charge in [0.2, 0.25) is 0 Å². The van der Waals surface area contributed by atoms with Crippen LogP contribution in [-0.4, -0.2) is 91.5 Å². The number of ketones is 3. The average Bonchev–Trinajstić information content (AvgIpc) is 3.03. The second kappa shape index (κ2) is 12.0. The number of carboxylic acid groups (broad SMARTS) is 1. The number of amides is 1. The number of carbonyl (C=O) groups excluding carboxylic acids is 4. The molecule has 1 amide bonds. The van der Waals surface area contributed by atoms with E-state index in [1.807, 2.05) is 0 Å². The zero-order chi connectivity index (χ0) is 35.8. The third kappa shape index (κ3) is 5.18. The number of phenols is 3. The van der Waals surface area contributed by atoms with Gasteiger partial charge in [0.25, 0.3) is 5.91 Å². The molecule has 0 saturated carbocycles. The molecule has 49 heavy (non-hydrogen) atoms. The van der Waals surface area contributed by atoms with E-state index in [4.69, 9.17) is 14.2 Å². The fourth-order valence-electron chi connectivity index (χ4n) is 6.57. The predicted octanol–water partition coefficient (Wildman–Crippen LogP) is 1.94. The molecule has 3 aliphatic rings. The molecule has 0 bridgehead atoms. The summed E-state index contributed by atoms with van der Waals surface area (Å²) < 4.78 is 16.8. The number of ether oxygens (including phenoxy) is 3. The molecule has 0 aromatic heterocycles. The molecule has 1 heterocycles. The van der Waals surface area contributed by atoms with Crippen molar-refractivity contribution < 1.29 is 68.8 Å². The van der Waals surface area contributed by atoms with Crippen LogP contribution in [0.1, 0.15) is 91.4 Å². The number of methoxy groups -OCH3 is 1. The largest absolute Gasteiger partial charge is 0.507 e. The molecule has 3 aromatic carbocycles. The number of aromatic hydroxyl groups is 3. The van der Waals surface area contributed by atoms with Crippen molar-refractivity contribution in [2.75, 3.05) is 7.11 Å². The number of phenolic OH excluding ortho intramolecular Hbond substituents is 3. The Morgan fingerprint density at radius 3 is 2.18 bits per heavy atom. The summed E-state index contributed by atoms with van der Waals surface area (Å²) in [6.07, 6.45) is -7.55. The van der Waals surface area contributed by atoms with Crippen LogP contribution < -0.4 is 10.1 Å². The molecule has 256 valence electrons. The van der Waals surface area contributed by atoms with E-state index in [0.29, 0.717) is 0 Å². The molecule has 15 heteroatoms. The summed E-state index contributed by atoms with van der Waals surface area (Å²) in [7, 11) is 1.28.